The molecule has 0 unspecified atom stereocenters. The summed E-state index contributed by atoms with van der Waals surface area (Å²) in [5, 5.41) is 0. The van der Waals surface area contributed by atoms with Crippen LogP contribution in [0.5, 0.6) is 11.5 Å². The highest BCUT2D eigenvalue weighted by atomic mass is 32.2. The molecule has 0 aliphatic carbocycles. The van der Waals surface area contributed by atoms with Crippen LogP contribution in [-0.2, 0) is 27.6 Å². The number of hydrogen-bond donors (Lipinski definition) is 0. The van der Waals surface area contributed by atoms with E-state index in [4.69, 9.17) is 8.92 Å². The van der Waals surface area contributed by atoms with Gasteiger partial charge in [0.1, 0.15) is 4.90 Å². The van der Waals surface area contributed by atoms with Crippen molar-refractivity contribution in [3.8, 4) is 11.5 Å². The number of alkyl halides is 3. The molecule has 0 heterocycles. The number of ether oxygens (including phenoxy) is 1. The first-order valence-electron chi connectivity index (χ1n) is 11.2. The summed E-state index contributed by atoms with van der Waals surface area (Å²) in [6.07, 6.45) is -3.65. The second-order valence-electron chi connectivity index (χ2n) is 9.56. The first-order chi connectivity index (χ1) is 16.1. The van der Waals surface area contributed by atoms with Crippen LogP contribution in [-0.4, -0.2) is 32.4 Å². The molecule has 0 saturated heterocycles. The van der Waals surface area contributed by atoms with Gasteiger partial charge in [0.05, 0.1) is 12.7 Å². The van der Waals surface area contributed by atoms with Crippen LogP contribution in [0.15, 0.2) is 47.4 Å². The van der Waals surface area contributed by atoms with Gasteiger partial charge in [0.25, 0.3) is 0 Å². The van der Waals surface area contributed by atoms with Gasteiger partial charge in [0.15, 0.2) is 11.5 Å². The molecule has 2 rings (SSSR count). The van der Waals surface area contributed by atoms with Gasteiger partial charge in [-0.2, -0.15) is 21.6 Å². The summed E-state index contributed by atoms with van der Waals surface area (Å²) in [4.78, 5) is 14.1. The van der Waals surface area contributed by atoms with Crippen molar-refractivity contribution in [3.05, 3.63) is 53.6 Å². The molecule has 0 aromatic heterocycles. The molecule has 0 bridgehead atoms. The number of hydrogen-bond acceptors (Lipinski definition) is 5. The van der Waals surface area contributed by atoms with Crippen molar-refractivity contribution in [1.82, 2.24) is 4.90 Å². The quantitative estimate of drug-likeness (QED) is 0.381. The van der Waals surface area contributed by atoms with E-state index in [0.29, 0.717) is 18.1 Å². The molecule has 0 N–H and O–H groups in total. The summed E-state index contributed by atoms with van der Waals surface area (Å²) >= 11 is 0. The van der Waals surface area contributed by atoms with E-state index in [0.717, 1.165) is 24.6 Å². The third kappa shape index (κ3) is 7.88. The van der Waals surface area contributed by atoms with E-state index in [1.54, 1.807) is 11.0 Å². The maximum absolute atomic E-state index is 13.1. The molecule has 0 fully saturated rings. The third-order valence-corrected chi connectivity index (χ3v) is 6.59. The fourth-order valence-electron chi connectivity index (χ4n) is 3.34. The summed E-state index contributed by atoms with van der Waals surface area (Å²) in [5.41, 5.74) is -0.734. The number of carbonyl (C=O) groups excluding carboxylic acids is 1. The number of nitrogens with zero attached hydrogens (tertiary/aromatic N) is 1. The topological polar surface area (TPSA) is 72.9 Å². The Balaban J connectivity index is 2.40. The van der Waals surface area contributed by atoms with E-state index in [-0.39, 0.29) is 35.4 Å². The largest absolute Gasteiger partial charge is 0.493 e. The Bertz CT molecular complexity index is 1140. The van der Waals surface area contributed by atoms with E-state index >= 15 is 0 Å². The highest BCUT2D eigenvalue weighted by Gasteiger charge is 2.32. The highest BCUT2D eigenvalue weighted by Crippen LogP contribution is 2.34. The lowest BCUT2D eigenvalue weighted by Crippen LogP contribution is -2.39. The van der Waals surface area contributed by atoms with E-state index in [1.165, 1.54) is 19.2 Å². The van der Waals surface area contributed by atoms with Crippen molar-refractivity contribution < 1.29 is 35.3 Å². The Morgan fingerprint density at radius 3 is 2.26 bits per heavy atom. The van der Waals surface area contributed by atoms with Crippen LogP contribution in [0.4, 0.5) is 13.2 Å². The lowest BCUT2D eigenvalue weighted by Gasteiger charge is -2.31. The Hall–Kier alpha value is -2.75. The molecule has 2 aromatic carbocycles. The Morgan fingerprint density at radius 2 is 1.71 bits per heavy atom. The van der Waals surface area contributed by atoms with Crippen molar-refractivity contribution in [1.29, 1.82) is 0 Å². The van der Waals surface area contributed by atoms with Gasteiger partial charge in [0.2, 0.25) is 5.91 Å². The Kier molecular flexibility index (Phi) is 8.86. The van der Waals surface area contributed by atoms with Crippen molar-refractivity contribution in [2.45, 2.75) is 71.1 Å². The maximum atomic E-state index is 13.1. The molecule has 6 nitrogen and oxygen atoms in total. The predicted octanol–water partition coefficient (Wildman–Crippen LogP) is 6.05. The molecular formula is C25H32F3NO5S. The van der Waals surface area contributed by atoms with Gasteiger partial charge in [-0.3, -0.25) is 4.79 Å². The summed E-state index contributed by atoms with van der Waals surface area (Å²) in [5.74, 6) is -0.142. The van der Waals surface area contributed by atoms with Crippen molar-refractivity contribution in [2.24, 2.45) is 5.41 Å². The second kappa shape index (κ2) is 10.9. The Morgan fingerprint density at radius 1 is 1.06 bits per heavy atom. The molecular weight excluding hydrogens is 483 g/mol. The van der Waals surface area contributed by atoms with Crippen molar-refractivity contribution in [2.75, 3.05) is 7.11 Å². The normalized spacial score (nSPS) is 13.3. The van der Waals surface area contributed by atoms with Crippen LogP contribution >= 0.6 is 0 Å². The van der Waals surface area contributed by atoms with Crippen molar-refractivity contribution >= 4 is 16.0 Å². The number of rotatable bonds is 9. The molecule has 0 radical (unpaired) electrons. The summed E-state index contributed by atoms with van der Waals surface area (Å²) in [7, 11) is -3.28. The van der Waals surface area contributed by atoms with Gasteiger partial charge in [0, 0.05) is 19.0 Å². The zero-order valence-electron chi connectivity index (χ0n) is 20.8. The maximum Gasteiger partial charge on any atom is 0.416 e. The second-order valence-corrected chi connectivity index (χ2v) is 11.1. The van der Waals surface area contributed by atoms with Gasteiger partial charge in [-0.25, -0.2) is 0 Å². The van der Waals surface area contributed by atoms with Crippen LogP contribution in [0.1, 0.15) is 58.6 Å². The van der Waals surface area contributed by atoms with E-state index < -0.39 is 26.8 Å². The number of halogens is 3. The molecule has 2 aromatic rings. The molecule has 1 atom stereocenters. The molecule has 0 aliphatic rings. The summed E-state index contributed by atoms with van der Waals surface area (Å²) < 4.78 is 75.1. The highest BCUT2D eigenvalue weighted by molar-refractivity contribution is 7.87. The fourth-order valence-corrected chi connectivity index (χ4v) is 4.32. The Labute approximate surface area is 205 Å². The van der Waals surface area contributed by atoms with Crippen LogP contribution in [0.2, 0.25) is 0 Å². The average molecular weight is 516 g/mol. The van der Waals surface area contributed by atoms with Crippen LogP contribution in [0, 0.1) is 5.41 Å². The van der Waals surface area contributed by atoms with Crippen molar-refractivity contribution in [3.63, 3.8) is 0 Å². The molecule has 194 valence electrons. The third-order valence-electron chi connectivity index (χ3n) is 5.36. The fraction of sp³-hybridized carbons (Fsp3) is 0.480. The van der Waals surface area contributed by atoms with E-state index in [9.17, 15) is 26.4 Å². The average Bonchev–Trinajstić information content (AvgIpc) is 2.75. The minimum Gasteiger partial charge on any atom is -0.493 e. The molecule has 0 aliphatic heterocycles. The van der Waals surface area contributed by atoms with Crippen LogP contribution in [0.25, 0.3) is 0 Å². The number of methoxy groups -OCH3 is 1. The molecule has 35 heavy (non-hydrogen) atoms. The standard InChI is InChI=1S/C25H32F3NO5S/c1-7-17(2)29(23(30)15-24(3,4)5)16-18-11-12-21(33-6)22(13-18)34-35(31,32)20-10-8-9-19(14-20)25(26,27)28/h8-14,17H,7,15-16H2,1-6H3/t17-/m0/s1. The van der Waals surface area contributed by atoms with E-state index in [2.05, 4.69) is 0 Å². The van der Waals surface area contributed by atoms with Gasteiger partial charge in [-0.1, -0.05) is 39.8 Å². The smallest absolute Gasteiger partial charge is 0.416 e. The van der Waals surface area contributed by atoms with Gasteiger partial charge in [-0.15, -0.1) is 0 Å². The summed E-state index contributed by atoms with van der Waals surface area (Å²) in [6, 6.07) is 7.85. The minimum absolute atomic E-state index is 0.0401. The van der Waals surface area contributed by atoms with Gasteiger partial charge < -0.3 is 13.8 Å². The zero-order chi connectivity index (χ0) is 26.6. The van der Waals surface area contributed by atoms with Gasteiger partial charge in [-0.05, 0) is 54.7 Å². The molecule has 0 spiro atoms. The first kappa shape index (κ1) is 28.5. The lowest BCUT2D eigenvalue weighted by atomic mass is 9.91. The van der Waals surface area contributed by atoms with E-state index in [1.807, 2.05) is 34.6 Å². The minimum atomic E-state index is -4.71. The monoisotopic (exact) mass is 515 g/mol. The number of carbonyl (C=O) groups is 1. The lowest BCUT2D eigenvalue weighted by molar-refractivity contribution is -0.138. The van der Waals surface area contributed by atoms with Crippen LogP contribution < -0.4 is 8.92 Å². The number of amides is 1. The van der Waals surface area contributed by atoms with Crippen LogP contribution in [0.3, 0.4) is 0 Å². The molecule has 0 saturated carbocycles. The molecule has 1 amide bonds. The zero-order valence-corrected chi connectivity index (χ0v) is 21.6. The summed E-state index contributed by atoms with van der Waals surface area (Å²) in [6.45, 7) is 10.0. The predicted molar refractivity (Wildman–Crippen MR) is 127 cm³/mol. The SMILES string of the molecule is CC[C@H](C)N(Cc1ccc(OC)c(OS(=O)(=O)c2cccc(C(F)(F)F)c2)c1)C(=O)CC(C)(C)C. The number of benzene rings is 2. The first-order valence-corrected chi connectivity index (χ1v) is 12.6. The molecule has 10 heteroatoms. The van der Waals surface area contributed by atoms with Gasteiger partial charge >= 0.3 is 16.3 Å².